The maximum atomic E-state index is 14.2. The zero-order chi connectivity index (χ0) is 27.8. The maximum Gasteiger partial charge on any atom is 0.334 e. The van der Waals surface area contributed by atoms with E-state index in [1.807, 2.05) is 20.8 Å². The summed E-state index contributed by atoms with van der Waals surface area (Å²) >= 11 is 0. The summed E-state index contributed by atoms with van der Waals surface area (Å²) in [5, 5.41) is 0. The summed E-state index contributed by atoms with van der Waals surface area (Å²) in [7, 11) is 0. The second kappa shape index (κ2) is 10.8. The molecule has 9 nitrogen and oxygen atoms in total. The van der Waals surface area contributed by atoms with Crippen LogP contribution in [-0.4, -0.2) is 54.1 Å². The van der Waals surface area contributed by atoms with Crippen molar-refractivity contribution in [3.63, 3.8) is 0 Å². The minimum absolute atomic E-state index is 0.0331. The zero-order valence-electron chi connectivity index (χ0n) is 22.7. The number of fused-ring (bicyclic) bond motifs is 2. The third-order valence-electron chi connectivity index (χ3n) is 8.46. The van der Waals surface area contributed by atoms with E-state index in [2.05, 4.69) is 6.58 Å². The predicted octanol–water partition coefficient (Wildman–Crippen LogP) is 3.49. The first kappa shape index (κ1) is 28.6. The average molecular weight is 519 g/mol. The molecule has 2 fully saturated rings. The van der Waals surface area contributed by atoms with Crippen LogP contribution in [0.2, 0.25) is 0 Å². The van der Waals surface area contributed by atoms with Gasteiger partial charge in [-0.2, -0.15) is 0 Å². The molecule has 2 aliphatic carbocycles. The van der Waals surface area contributed by atoms with Crippen molar-refractivity contribution in [3.8, 4) is 0 Å². The highest BCUT2D eigenvalue weighted by Crippen LogP contribution is 2.57. The lowest BCUT2D eigenvalue weighted by molar-refractivity contribution is -0.207. The van der Waals surface area contributed by atoms with Crippen molar-refractivity contribution in [2.45, 2.75) is 92.1 Å². The second-order valence-electron chi connectivity index (χ2n) is 10.7. The molecule has 1 saturated carbocycles. The van der Waals surface area contributed by atoms with Gasteiger partial charge in [0.15, 0.2) is 24.1 Å². The van der Waals surface area contributed by atoms with Crippen LogP contribution in [0.1, 0.15) is 67.7 Å². The highest BCUT2D eigenvalue weighted by atomic mass is 16.6. The van der Waals surface area contributed by atoms with Crippen molar-refractivity contribution in [1.29, 1.82) is 0 Å². The number of Topliss-reactive ketones (excluding diaryl/α,β-unsaturated/α-hetero) is 1. The SMILES string of the molecule is C=C1C(=O)O[C@@H]2C[C@]3(C(=O)OC(C)C(=O)C(C)C(C)CC)[C@@H](C[C@H]12)C(C)=C[C@@H](OC(C)=O)[C@@H]3OC(C)=O. The Balaban J connectivity index is 2.08. The van der Waals surface area contributed by atoms with Crippen molar-refractivity contribution in [2.75, 3.05) is 0 Å². The molecule has 1 saturated heterocycles. The van der Waals surface area contributed by atoms with E-state index < -0.39 is 59.6 Å². The number of hydrogen-bond donors (Lipinski definition) is 0. The van der Waals surface area contributed by atoms with Gasteiger partial charge in [-0.25, -0.2) is 4.79 Å². The molecular formula is C28H38O9. The van der Waals surface area contributed by atoms with E-state index >= 15 is 0 Å². The van der Waals surface area contributed by atoms with Gasteiger partial charge in [0, 0.05) is 43.6 Å². The lowest BCUT2D eigenvalue weighted by Gasteiger charge is -2.52. The molecule has 3 rings (SSSR count). The zero-order valence-corrected chi connectivity index (χ0v) is 22.7. The van der Waals surface area contributed by atoms with Crippen LogP contribution in [0.5, 0.6) is 0 Å². The fourth-order valence-corrected chi connectivity index (χ4v) is 6.06. The van der Waals surface area contributed by atoms with Gasteiger partial charge in [0.25, 0.3) is 0 Å². The molecule has 1 aliphatic heterocycles. The third-order valence-corrected chi connectivity index (χ3v) is 8.46. The molecule has 0 spiro atoms. The Kier molecular flexibility index (Phi) is 8.34. The molecule has 0 bridgehead atoms. The molecule has 0 radical (unpaired) electrons. The van der Waals surface area contributed by atoms with Gasteiger partial charge in [0.2, 0.25) is 0 Å². The van der Waals surface area contributed by atoms with Crippen molar-refractivity contribution in [2.24, 2.45) is 29.1 Å². The highest BCUT2D eigenvalue weighted by molar-refractivity contribution is 5.92. The predicted molar refractivity (Wildman–Crippen MR) is 132 cm³/mol. The molecule has 37 heavy (non-hydrogen) atoms. The summed E-state index contributed by atoms with van der Waals surface area (Å²) in [4.78, 5) is 63.8. The van der Waals surface area contributed by atoms with Crippen LogP contribution in [0.15, 0.2) is 23.8 Å². The van der Waals surface area contributed by atoms with Crippen LogP contribution in [0, 0.1) is 29.1 Å². The van der Waals surface area contributed by atoms with Crippen molar-refractivity contribution >= 4 is 29.7 Å². The second-order valence-corrected chi connectivity index (χ2v) is 10.7. The van der Waals surface area contributed by atoms with Gasteiger partial charge in [-0.05, 0) is 32.3 Å². The summed E-state index contributed by atoms with van der Waals surface area (Å²) in [5.74, 6) is -3.88. The molecule has 9 heteroatoms. The standard InChI is InChI=1S/C28H38O9/c1-9-13(2)15(4)24(31)17(6)34-27(33)28-12-23-20(16(5)26(32)37-23)11-21(28)14(3)10-22(35-18(7)29)25(28)36-19(8)30/h10,13,15,17,20-23,25H,5,9,11-12H2,1-4,6-8H3/t13?,15?,17?,20-,21+,22-,23-,25+,28+/m1/s1. The van der Waals surface area contributed by atoms with Crippen LogP contribution in [0.4, 0.5) is 0 Å². The molecule has 3 aliphatic rings. The van der Waals surface area contributed by atoms with Crippen LogP contribution in [0.25, 0.3) is 0 Å². The van der Waals surface area contributed by atoms with E-state index in [0.717, 1.165) is 12.0 Å². The van der Waals surface area contributed by atoms with E-state index in [-0.39, 0.29) is 30.0 Å². The van der Waals surface area contributed by atoms with Crippen LogP contribution >= 0.6 is 0 Å². The Labute approximate surface area is 217 Å². The summed E-state index contributed by atoms with van der Waals surface area (Å²) in [6, 6.07) is 0. The quantitative estimate of drug-likeness (QED) is 0.206. The summed E-state index contributed by atoms with van der Waals surface area (Å²) in [5.41, 5.74) is -0.494. The minimum Gasteiger partial charge on any atom is -0.458 e. The van der Waals surface area contributed by atoms with Gasteiger partial charge >= 0.3 is 23.9 Å². The summed E-state index contributed by atoms with van der Waals surface area (Å²) in [6.45, 7) is 15.4. The number of ketones is 1. The Morgan fingerprint density at radius 2 is 1.76 bits per heavy atom. The van der Waals surface area contributed by atoms with E-state index in [9.17, 15) is 24.0 Å². The fraction of sp³-hybridized carbons (Fsp3) is 0.679. The van der Waals surface area contributed by atoms with Crippen molar-refractivity contribution in [3.05, 3.63) is 23.8 Å². The Bertz CT molecular complexity index is 1030. The number of allylic oxidation sites excluding steroid dienone is 1. The van der Waals surface area contributed by atoms with Crippen molar-refractivity contribution in [1.82, 2.24) is 0 Å². The largest absolute Gasteiger partial charge is 0.458 e. The maximum absolute atomic E-state index is 14.2. The van der Waals surface area contributed by atoms with Gasteiger partial charge in [0.1, 0.15) is 11.5 Å². The lowest BCUT2D eigenvalue weighted by atomic mass is 9.54. The van der Waals surface area contributed by atoms with Crippen molar-refractivity contribution < 1.29 is 42.9 Å². The van der Waals surface area contributed by atoms with Gasteiger partial charge in [-0.15, -0.1) is 0 Å². The highest BCUT2D eigenvalue weighted by Gasteiger charge is 2.66. The topological polar surface area (TPSA) is 122 Å². The molecular weight excluding hydrogens is 480 g/mol. The molecule has 0 aromatic carbocycles. The number of carbonyl (C=O) groups is 5. The number of ether oxygens (including phenoxy) is 4. The Hall–Kier alpha value is -2.97. The van der Waals surface area contributed by atoms with Gasteiger partial charge < -0.3 is 18.9 Å². The normalized spacial score (nSPS) is 33.1. The number of carbonyl (C=O) groups excluding carboxylic acids is 5. The van der Waals surface area contributed by atoms with E-state index in [0.29, 0.717) is 12.0 Å². The first-order valence-corrected chi connectivity index (χ1v) is 12.9. The Morgan fingerprint density at radius 1 is 1.14 bits per heavy atom. The van der Waals surface area contributed by atoms with E-state index in [1.165, 1.54) is 20.8 Å². The van der Waals surface area contributed by atoms with Gasteiger partial charge in [0.05, 0.1) is 0 Å². The monoisotopic (exact) mass is 518 g/mol. The molecule has 0 N–H and O–H groups in total. The third kappa shape index (κ3) is 5.22. The lowest BCUT2D eigenvalue weighted by Crippen LogP contribution is -2.62. The summed E-state index contributed by atoms with van der Waals surface area (Å²) < 4.78 is 22.6. The smallest absolute Gasteiger partial charge is 0.334 e. The van der Waals surface area contributed by atoms with E-state index in [4.69, 9.17) is 18.9 Å². The molecule has 0 aromatic heterocycles. The summed E-state index contributed by atoms with van der Waals surface area (Å²) in [6.07, 6.45) is -1.30. The van der Waals surface area contributed by atoms with Crippen LogP contribution in [0.3, 0.4) is 0 Å². The first-order valence-electron chi connectivity index (χ1n) is 12.9. The number of esters is 4. The van der Waals surface area contributed by atoms with Crippen LogP contribution in [-0.2, 0) is 42.9 Å². The van der Waals surface area contributed by atoms with Crippen LogP contribution < -0.4 is 0 Å². The number of hydrogen-bond acceptors (Lipinski definition) is 9. The van der Waals surface area contributed by atoms with Gasteiger partial charge in [-0.3, -0.25) is 19.2 Å². The molecule has 204 valence electrons. The van der Waals surface area contributed by atoms with E-state index in [1.54, 1.807) is 13.0 Å². The fourth-order valence-electron chi connectivity index (χ4n) is 6.06. The number of rotatable bonds is 8. The minimum atomic E-state index is -1.55. The molecule has 1 heterocycles. The molecule has 3 unspecified atom stereocenters. The molecule has 0 amide bonds. The molecule has 0 aromatic rings. The first-order chi connectivity index (χ1) is 17.2. The molecule has 9 atom stereocenters. The average Bonchev–Trinajstić information content (AvgIpc) is 3.10. The van der Waals surface area contributed by atoms with Gasteiger partial charge in [-0.1, -0.05) is 39.3 Å². The Morgan fingerprint density at radius 3 is 2.32 bits per heavy atom.